The van der Waals surface area contributed by atoms with Crippen LogP contribution in [0, 0.1) is 5.92 Å². The van der Waals surface area contributed by atoms with Crippen LogP contribution in [0.3, 0.4) is 0 Å². The molecule has 108 valence electrons. The van der Waals surface area contributed by atoms with Gasteiger partial charge >= 0.3 is 0 Å². The highest BCUT2D eigenvalue weighted by atomic mass is 35.5. The molecule has 2 heterocycles. The molecule has 0 amide bonds. The summed E-state index contributed by atoms with van der Waals surface area (Å²) in [6.45, 7) is 2.25. The van der Waals surface area contributed by atoms with Gasteiger partial charge in [-0.1, -0.05) is 23.7 Å². The molecular formula is C15H19Cl2N3. The molecule has 0 spiro atoms. The monoisotopic (exact) mass is 311 g/mol. The summed E-state index contributed by atoms with van der Waals surface area (Å²) in [7, 11) is 0. The van der Waals surface area contributed by atoms with Crippen molar-refractivity contribution in [3.63, 3.8) is 0 Å². The van der Waals surface area contributed by atoms with E-state index in [1.54, 1.807) is 0 Å². The molecule has 1 fully saturated rings. The number of piperidine rings is 1. The molecule has 3 rings (SSSR count). The number of aromatic amines is 1. The molecule has 0 atom stereocenters. The van der Waals surface area contributed by atoms with Gasteiger partial charge in [-0.2, -0.15) is 5.10 Å². The number of nitrogens with one attached hydrogen (secondary N) is 1. The van der Waals surface area contributed by atoms with Crippen LogP contribution in [-0.2, 0) is 6.42 Å². The maximum Gasteiger partial charge on any atom is 0.0749 e. The molecule has 3 nitrogen and oxygen atoms in total. The zero-order valence-electron chi connectivity index (χ0n) is 11.3. The molecule has 1 N–H and O–H groups in total. The third kappa shape index (κ3) is 3.68. The average molecular weight is 312 g/mol. The van der Waals surface area contributed by atoms with Gasteiger partial charge in [0.15, 0.2) is 0 Å². The largest absolute Gasteiger partial charge is 0.369 e. The van der Waals surface area contributed by atoms with Crippen molar-refractivity contribution in [1.82, 2.24) is 10.2 Å². The van der Waals surface area contributed by atoms with Crippen molar-refractivity contribution in [2.45, 2.75) is 19.3 Å². The Kier molecular flexibility index (Phi) is 5.32. The number of nitrogens with zero attached hydrogens (tertiary/aromatic N) is 2. The number of hydrogen-bond donors (Lipinski definition) is 1. The highest BCUT2D eigenvalue weighted by Crippen LogP contribution is 2.25. The minimum Gasteiger partial charge on any atom is -0.369 e. The van der Waals surface area contributed by atoms with Crippen LogP contribution in [0.25, 0.3) is 0 Å². The number of halogens is 2. The lowest BCUT2D eigenvalue weighted by molar-refractivity contribution is 0.404. The van der Waals surface area contributed by atoms with Crippen LogP contribution in [0.4, 0.5) is 5.69 Å². The van der Waals surface area contributed by atoms with Crippen molar-refractivity contribution >= 4 is 29.7 Å². The zero-order chi connectivity index (χ0) is 13.1. The number of rotatable bonds is 3. The van der Waals surface area contributed by atoms with Gasteiger partial charge < -0.3 is 4.90 Å². The van der Waals surface area contributed by atoms with Crippen LogP contribution in [-0.4, -0.2) is 23.3 Å². The van der Waals surface area contributed by atoms with Gasteiger partial charge in [0.1, 0.15) is 0 Å². The maximum atomic E-state index is 5.92. The molecule has 1 aliphatic heterocycles. The van der Waals surface area contributed by atoms with Gasteiger partial charge in [0.25, 0.3) is 0 Å². The van der Waals surface area contributed by atoms with Crippen LogP contribution >= 0.6 is 24.0 Å². The van der Waals surface area contributed by atoms with Crippen LogP contribution in [0.1, 0.15) is 18.4 Å². The first-order valence-electron chi connectivity index (χ1n) is 6.79. The van der Waals surface area contributed by atoms with Gasteiger partial charge in [-0.3, -0.25) is 5.10 Å². The summed E-state index contributed by atoms with van der Waals surface area (Å²) in [5.74, 6) is 0.782. The predicted molar refractivity (Wildman–Crippen MR) is 85.9 cm³/mol. The van der Waals surface area contributed by atoms with Gasteiger partial charge in [0.05, 0.1) is 11.9 Å². The van der Waals surface area contributed by atoms with Crippen molar-refractivity contribution in [3.8, 4) is 0 Å². The first-order valence-corrected chi connectivity index (χ1v) is 7.17. The van der Waals surface area contributed by atoms with E-state index in [9.17, 15) is 0 Å². The van der Waals surface area contributed by atoms with E-state index in [1.165, 1.54) is 24.1 Å². The Labute approximate surface area is 130 Å². The summed E-state index contributed by atoms with van der Waals surface area (Å²) in [6.07, 6.45) is 7.52. The van der Waals surface area contributed by atoms with Gasteiger partial charge in [0, 0.05) is 24.3 Å². The smallest absolute Gasteiger partial charge is 0.0749 e. The minimum absolute atomic E-state index is 0. The SMILES string of the molecule is Cl.Clc1ccc(CC2CCN(c3cn[nH]c3)CC2)cc1. The summed E-state index contributed by atoms with van der Waals surface area (Å²) in [5.41, 5.74) is 2.61. The van der Waals surface area contributed by atoms with Gasteiger partial charge in [-0.15, -0.1) is 12.4 Å². The summed E-state index contributed by atoms with van der Waals surface area (Å²) < 4.78 is 0. The van der Waals surface area contributed by atoms with Crippen LogP contribution in [0.2, 0.25) is 5.02 Å². The zero-order valence-corrected chi connectivity index (χ0v) is 12.8. The Balaban J connectivity index is 0.00000147. The van der Waals surface area contributed by atoms with Crippen LogP contribution in [0.5, 0.6) is 0 Å². The number of aromatic nitrogens is 2. The molecule has 1 aliphatic rings. The summed E-state index contributed by atoms with van der Waals surface area (Å²) in [6, 6.07) is 8.25. The predicted octanol–water partition coefficient (Wildman–Crippen LogP) is 3.94. The first-order chi connectivity index (χ1) is 9.31. The van der Waals surface area contributed by atoms with Crippen LogP contribution < -0.4 is 4.90 Å². The summed E-state index contributed by atoms with van der Waals surface area (Å²) in [5, 5.41) is 7.71. The molecule has 2 aromatic rings. The van der Waals surface area contributed by atoms with Crippen molar-refractivity contribution in [2.24, 2.45) is 5.92 Å². The lowest BCUT2D eigenvalue weighted by Gasteiger charge is -2.32. The quantitative estimate of drug-likeness (QED) is 0.931. The Hall–Kier alpha value is -1.19. The fourth-order valence-electron chi connectivity index (χ4n) is 2.77. The fourth-order valence-corrected chi connectivity index (χ4v) is 2.89. The lowest BCUT2D eigenvalue weighted by Crippen LogP contribution is -2.34. The number of hydrogen-bond acceptors (Lipinski definition) is 2. The highest BCUT2D eigenvalue weighted by molar-refractivity contribution is 6.30. The molecule has 1 saturated heterocycles. The Bertz CT molecular complexity index is 502. The highest BCUT2D eigenvalue weighted by Gasteiger charge is 2.20. The van der Waals surface area contributed by atoms with E-state index in [0.29, 0.717) is 0 Å². The molecule has 5 heteroatoms. The fraction of sp³-hybridized carbons (Fsp3) is 0.400. The second-order valence-electron chi connectivity index (χ2n) is 5.22. The lowest BCUT2D eigenvalue weighted by atomic mass is 9.90. The second kappa shape index (κ2) is 7.00. The summed E-state index contributed by atoms with van der Waals surface area (Å²) in [4.78, 5) is 2.40. The van der Waals surface area contributed by atoms with E-state index in [4.69, 9.17) is 11.6 Å². The molecule has 0 saturated carbocycles. The average Bonchev–Trinajstić information content (AvgIpc) is 2.96. The minimum atomic E-state index is 0. The van der Waals surface area contributed by atoms with Crippen molar-refractivity contribution < 1.29 is 0 Å². The third-order valence-corrected chi connectivity index (χ3v) is 4.15. The molecule has 1 aromatic heterocycles. The molecule has 0 bridgehead atoms. The molecule has 0 unspecified atom stereocenters. The van der Waals surface area contributed by atoms with Crippen LogP contribution in [0.15, 0.2) is 36.7 Å². The van der Waals surface area contributed by atoms with E-state index >= 15 is 0 Å². The number of benzene rings is 1. The molecule has 0 aliphatic carbocycles. The standard InChI is InChI=1S/C15H18ClN3.ClH/c16-14-3-1-12(2-4-14)9-13-5-7-19(8-6-13)15-10-17-18-11-15;/h1-4,10-11,13H,5-9H2,(H,17,18);1H. The Morgan fingerprint density at radius 3 is 2.50 bits per heavy atom. The van der Waals surface area contributed by atoms with E-state index in [2.05, 4.69) is 27.2 Å². The van der Waals surface area contributed by atoms with Gasteiger partial charge in [-0.05, 0) is 42.9 Å². The van der Waals surface area contributed by atoms with Gasteiger partial charge in [-0.25, -0.2) is 0 Å². The normalized spacial score (nSPS) is 15.9. The maximum absolute atomic E-state index is 5.92. The topological polar surface area (TPSA) is 31.9 Å². The Morgan fingerprint density at radius 1 is 1.20 bits per heavy atom. The van der Waals surface area contributed by atoms with Crippen molar-refractivity contribution in [1.29, 1.82) is 0 Å². The number of anilines is 1. The van der Waals surface area contributed by atoms with E-state index in [-0.39, 0.29) is 12.4 Å². The van der Waals surface area contributed by atoms with Gasteiger partial charge in [0.2, 0.25) is 0 Å². The van der Waals surface area contributed by atoms with E-state index in [0.717, 1.165) is 30.5 Å². The molecule has 20 heavy (non-hydrogen) atoms. The van der Waals surface area contributed by atoms with Crippen molar-refractivity contribution in [3.05, 3.63) is 47.2 Å². The molecule has 1 aromatic carbocycles. The second-order valence-corrected chi connectivity index (χ2v) is 5.65. The molecular weight excluding hydrogens is 293 g/mol. The third-order valence-electron chi connectivity index (χ3n) is 3.90. The van der Waals surface area contributed by atoms with E-state index < -0.39 is 0 Å². The molecule has 0 radical (unpaired) electrons. The summed E-state index contributed by atoms with van der Waals surface area (Å²) >= 11 is 5.92. The first kappa shape index (κ1) is 15.2. The van der Waals surface area contributed by atoms with Crippen molar-refractivity contribution in [2.75, 3.05) is 18.0 Å². The van der Waals surface area contributed by atoms with E-state index in [1.807, 2.05) is 24.5 Å². The Morgan fingerprint density at radius 2 is 1.90 bits per heavy atom. The number of H-pyrrole nitrogens is 1.